The molecule has 23 heavy (non-hydrogen) atoms. The Bertz CT molecular complexity index is 724. The molecule has 1 aromatic rings. The number of nitriles is 3. The predicted molar refractivity (Wildman–Crippen MR) is 84.5 cm³/mol. The van der Waals surface area contributed by atoms with Gasteiger partial charge >= 0.3 is 0 Å². The highest BCUT2D eigenvalue weighted by molar-refractivity contribution is 5.62. The normalized spacial score (nSPS) is 14.3. The van der Waals surface area contributed by atoms with E-state index in [2.05, 4.69) is 12.2 Å². The molecule has 1 N–H and O–H groups in total. The van der Waals surface area contributed by atoms with Gasteiger partial charge in [-0.2, -0.15) is 15.8 Å². The Morgan fingerprint density at radius 3 is 2.35 bits per heavy atom. The third-order valence-electron chi connectivity index (χ3n) is 3.93. The lowest BCUT2D eigenvalue weighted by Gasteiger charge is -2.32. The van der Waals surface area contributed by atoms with Crippen molar-refractivity contribution < 1.29 is 4.39 Å². The van der Waals surface area contributed by atoms with Crippen LogP contribution in [0.4, 0.5) is 15.8 Å². The molecular formula is C17H16FN5. The van der Waals surface area contributed by atoms with Gasteiger partial charge in [-0.05, 0) is 37.0 Å². The molecule has 1 aliphatic rings. The van der Waals surface area contributed by atoms with Crippen molar-refractivity contribution in [1.82, 2.24) is 0 Å². The summed E-state index contributed by atoms with van der Waals surface area (Å²) in [6.07, 6.45) is 2.07. The second-order valence-corrected chi connectivity index (χ2v) is 5.55. The summed E-state index contributed by atoms with van der Waals surface area (Å²) in [6, 6.07) is 9.59. The van der Waals surface area contributed by atoms with E-state index in [0.717, 1.165) is 25.9 Å². The summed E-state index contributed by atoms with van der Waals surface area (Å²) in [5, 5.41) is 29.2. The van der Waals surface area contributed by atoms with Crippen LogP contribution in [0, 0.1) is 45.7 Å². The van der Waals surface area contributed by atoms with Crippen LogP contribution in [-0.4, -0.2) is 13.1 Å². The van der Waals surface area contributed by atoms with Crippen LogP contribution in [0.1, 0.15) is 19.8 Å². The molecule has 1 aliphatic heterocycles. The Morgan fingerprint density at radius 1 is 1.17 bits per heavy atom. The van der Waals surface area contributed by atoms with Crippen molar-refractivity contribution in [1.29, 1.82) is 15.8 Å². The van der Waals surface area contributed by atoms with Crippen LogP contribution in [0.3, 0.4) is 0 Å². The largest absolute Gasteiger partial charge is 0.369 e. The second kappa shape index (κ2) is 7.29. The summed E-state index contributed by atoms with van der Waals surface area (Å²) in [5.74, 6) is 0.270. The van der Waals surface area contributed by atoms with E-state index in [1.165, 1.54) is 6.07 Å². The van der Waals surface area contributed by atoms with Crippen molar-refractivity contribution >= 4 is 11.4 Å². The first-order valence-corrected chi connectivity index (χ1v) is 7.35. The molecule has 0 unspecified atom stereocenters. The van der Waals surface area contributed by atoms with Gasteiger partial charge in [0.2, 0.25) is 0 Å². The highest BCUT2D eigenvalue weighted by Gasteiger charge is 2.19. The second-order valence-electron chi connectivity index (χ2n) is 5.55. The lowest BCUT2D eigenvalue weighted by molar-refractivity contribution is 0.434. The lowest BCUT2D eigenvalue weighted by atomic mass is 9.99. The van der Waals surface area contributed by atoms with Gasteiger partial charge in [0, 0.05) is 18.8 Å². The van der Waals surface area contributed by atoms with E-state index in [1.807, 2.05) is 4.90 Å². The van der Waals surface area contributed by atoms with E-state index in [1.54, 1.807) is 30.3 Å². The van der Waals surface area contributed by atoms with Crippen molar-refractivity contribution in [3.8, 4) is 18.2 Å². The van der Waals surface area contributed by atoms with Crippen LogP contribution < -0.4 is 10.2 Å². The summed E-state index contributed by atoms with van der Waals surface area (Å²) >= 11 is 0. The van der Waals surface area contributed by atoms with Crippen LogP contribution in [0.15, 0.2) is 29.5 Å². The maximum Gasteiger partial charge on any atom is 0.163 e. The molecule has 1 heterocycles. The molecule has 1 fully saturated rings. The molecular weight excluding hydrogens is 293 g/mol. The molecule has 116 valence electrons. The molecule has 2 rings (SSSR count). The van der Waals surface area contributed by atoms with Gasteiger partial charge in [0.05, 0.1) is 5.69 Å². The Labute approximate surface area is 134 Å². The molecule has 6 heteroatoms. The van der Waals surface area contributed by atoms with Crippen molar-refractivity contribution in [2.45, 2.75) is 19.8 Å². The Hall–Kier alpha value is -3.04. The molecule has 0 amide bonds. The molecule has 0 aromatic heterocycles. The van der Waals surface area contributed by atoms with Gasteiger partial charge in [-0.15, -0.1) is 0 Å². The summed E-state index contributed by atoms with van der Waals surface area (Å²) in [7, 11) is 0. The average Bonchev–Trinajstić information content (AvgIpc) is 2.56. The number of benzene rings is 1. The first kappa shape index (κ1) is 16.3. The molecule has 0 aliphatic carbocycles. The zero-order valence-corrected chi connectivity index (χ0v) is 12.8. The van der Waals surface area contributed by atoms with E-state index in [-0.39, 0.29) is 11.3 Å². The SMILES string of the molecule is CC1CCN(c2ccc(NC(C#N)=C(C#N)C#N)cc2F)CC1. The van der Waals surface area contributed by atoms with Crippen molar-refractivity contribution in [3.63, 3.8) is 0 Å². The Balaban J connectivity index is 2.20. The third-order valence-corrected chi connectivity index (χ3v) is 3.93. The molecule has 0 spiro atoms. The quantitative estimate of drug-likeness (QED) is 0.866. The molecule has 0 radical (unpaired) electrons. The number of anilines is 2. The third kappa shape index (κ3) is 3.78. The molecule has 0 bridgehead atoms. The molecule has 0 atom stereocenters. The van der Waals surface area contributed by atoms with E-state index in [0.29, 0.717) is 17.3 Å². The minimum atomic E-state index is -0.391. The van der Waals surface area contributed by atoms with Gasteiger partial charge in [-0.25, -0.2) is 4.39 Å². The van der Waals surface area contributed by atoms with Gasteiger partial charge in [0.1, 0.15) is 29.7 Å². The van der Waals surface area contributed by atoms with Crippen molar-refractivity contribution in [3.05, 3.63) is 35.3 Å². The first-order chi connectivity index (χ1) is 11.1. The van der Waals surface area contributed by atoms with E-state index < -0.39 is 5.82 Å². The van der Waals surface area contributed by atoms with E-state index >= 15 is 0 Å². The van der Waals surface area contributed by atoms with Gasteiger partial charge in [0.25, 0.3) is 0 Å². The lowest BCUT2D eigenvalue weighted by Crippen LogP contribution is -2.33. The summed E-state index contributed by atoms with van der Waals surface area (Å²) in [6.45, 7) is 3.83. The number of hydrogen-bond donors (Lipinski definition) is 1. The fourth-order valence-corrected chi connectivity index (χ4v) is 2.52. The zero-order valence-electron chi connectivity index (χ0n) is 12.8. The van der Waals surface area contributed by atoms with Crippen molar-refractivity contribution in [2.24, 2.45) is 5.92 Å². The zero-order chi connectivity index (χ0) is 16.8. The molecule has 0 saturated carbocycles. The maximum absolute atomic E-state index is 14.3. The first-order valence-electron chi connectivity index (χ1n) is 7.35. The van der Waals surface area contributed by atoms with Gasteiger partial charge in [-0.1, -0.05) is 6.92 Å². The molecule has 1 aromatic carbocycles. The standard InChI is InChI=1S/C17H16FN5/c1-12-4-6-23(7-5-12)17-3-2-14(8-15(17)18)22-16(11-21)13(9-19)10-20/h2-3,8,12,22H,4-7H2,1H3. The maximum atomic E-state index is 14.3. The summed E-state index contributed by atoms with van der Waals surface area (Å²) in [4.78, 5) is 2.01. The number of rotatable bonds is 3. The number of piperidine rings is 1. The summed E-state index contributed by atoms with van der Waals surface area (Å²) in [5.41, 5.74) is 0.345. The number of hydrogen-bond acceptors (Lipinski definition) is 5. The predicted octanol–water partition coefficient (Wildman–Crippen LogP) is 3.30. The topological polar surface area (TPSA) is 86.6 Å². The van der Waals surface area contributed by atoms with Crippen LogP contribution in [0.25, 0.3) is 0 Å². The van der Waals surface area contributed by atoms with E-state index in [4.69, 9.17) is 15.8 Å². The average molecular weight is 309 g/mol. The van der Waals surface area contributed by atoms with Crippen LogP contribution in [-0.2, 0) is 0 Å². The highest BCUT2D eigenvalue weighted by Crippen LogP contribution is 2.27. The minimum Gasteiger partial charge on any atom is -0.369 e. The van der Waals surface area contributed by atoms with Crippen molar-refractivity contribution in [2.75, 3.05) is 23.3 Å². The number of nitrogens with zero attached hydrogens (tertiary/aromatic N) is 4. The number of nitrogens with one attached hydrogen (secondary N) is 1. The Morgan fingerprint density at radius 2 is 1.83 bits per heavy atom. The van der Waals surface area contributed by atoms with Crippen LogP contribution in [0.5, 0.6) is 0 Å². The fourth-order valence-electron chi connectivity index (χ4n) is 2.52. The van der Waals surface area contributed by atoms with Gasteiger partial charge in [-0.3, -0.25) is 0 Å². The van der Waals surface area contributed by atoms with Gasteiger partial charge < -0.3 is 10.2 Å². The fraction of sp³-hybridized carbons (Fsp3) is 0.353. The number of halogens is 1. The Kier molecular flexibility index (Phi) is 5.18. The summed E-state index contributed by atoms with van der Waals surface area (Å²) < 4.78 is 14.3. The van der Waals surface area contributed by atoms with Gasteiger partial charge in [0.15, 0.2) is 5.57 Å². The van der Waals surface area contributed by atoms with E-state index in [9.17, 15) is 4.39 Å². The number of allylic oxidation sites excluding steroid dienone is 2. The van der Waals surface area contributed by atoms with Crippen LogP contribution in [0.2, 0.25) is 0 Å². The smallest absolute Gasteiger partial charge is 0.163 e. The highest BCUT2D eigenvalue weighted by atomic mass is 19.1. The van der Waals surface area contributed by atoms with Crippen LogP contribution >= 0.6 is 0 Å². The molecule has 5 nitrogen and oxygen atoms in total. The monoisotopic (exact) mass is 309 g/mol. The molecule has 1 saturated heterocycles. The minimum absolute atomic E-state index is 0.186.